The topological polar surface area (TPSA) is 9.23 Å². The highest BCUT2D eigenvalue weighted by molar-refractivity contribution is 9.10. The van der Waals surface area contributed by atoms with Crippen molar-refractivity contribution in [1.29, 1.82) is 0 Å². The Kier molecular flexibility index (Phi) is 4.76. The van der Waals surface area contributed by atoms with Crippen LogP contribution in [0.2, 0.25) is 0 Å². The Hall–Kier alpha value is -1.13. The maximum absolute atomic E-state index is 12.6. The zero-order valence-electron chi connectivity index (χ0n) is 9.50. The Morgan fingerprint density at radius 2 is 1.33 bits per heavy atom. The van der Waals surface area contributed by atoms with Crippen molar-refractivity contribution in [3.8, 4) is 5.75 Å². The van der Waals surface area contributed by atoms with Crippen LogP contribution >= 0.6 is 15.9 Å². The molecule has 1 rings (SSSR count). The van der Waals surface area contributed by atoms with E-state index in [-0.39, 0.29) is 0 Å². The molecule has 0 aliphatic carbocycles. The predicted molar refractivity (Wildman–Crippen MR) is 55.7 cm³/mol. The number of hydrogen-bond donors (Lipinski definition) is 0. The van der Waals surface area contributed by atoms with E-state index in [0.29, 0.717) is 6.07 Å². The van der Waals surface area contributed by atoms with Crippen LogP contribution in [0, 0.1) is 0 Å². The van der Waals surface area contributed by atoms with Crippen LogP contribution in [0.3, 0.4) is 0 Å². The fourth-order valence-electron chi connectivity index (χ4n) is 1.29. The van der Waals surface area contributed by atoms with Gasteiger partial charge in [-0.15, -0.1) is 0 Å². The fourth-order valence-corrected chi connectivity index (χ4v) is 1.75. The lowest BCUT2D eigenvalue weighted by Crippen LogP contribution is -2.46. The summed E-state index contributed by atoms with van der Waals surface area (Å²) in [6.45, 7) is 0. The van der Waals surface area contributed by atoms with Gasteiger partial charge in [0.15, 0.2) is 0 Å². The SMILES string of the molecule is FC(F)(F)c1cccc(Br)c1OC(C(F)(F)F)C(F)(F)F. The minimum absolute atomic E-state index is 0.309. The molecule has 0 atom stereocenters. The highest BCUT2D eigenvalue weighted by Gasteiger charge is 2.59. The fraction of sp³-hybridized carbons (Fsp3) is 0.400. The van der Waals surface area contributed by atoms with Gasteiger partial charge in [-0.2, -0.15) is 39.5 Å². The summed E-state index contributed by atoms with van der Waals surface area (Å²) in [6, 6.07) is 1.94. The first-order valence-electron chi connectivity index (χ1n) is 4.90. The lowest BCUT2D eigenvalue weighted by molar-refractivity contribution is -0.300. The van der Waals surface area contributed by atoms with Crippen molar-refractivity contribution in [2.75, 3.05) is 0 Å². The minimum Gasteiger partial charge on any atom is -0.469 e. The summed E-state index contributed by atoms with van der Waals surface area (Å²) in [6.07, 6.45) is -21.4. The molecule has 1 nitrogen and oxygen atoms in total. The average molecular weight is 391 g/mol. The molecule has 0 unspecified atom stereocenters. The summed E-state index contributed by atoms with van der Waals surface area (Å²) in [5.74, 6) is -1.58. The molecule has 0 fully saturated rings. The number of halogens is 10. The first kappa shape index (κ1) is 17.9. The molecule has 0 bridgehead atoms. The van der Waals surface area contributed by atoms with E-state index in [1.54, 1.807) is 0 Å². The summed E-state index contributed by atoms with van der Waals surface area (Å²) in [7, 11) is 0. The lowest BCUT2D eigenvalue weighted by atomic mass is 10.2. The highest BCUT2D eigenvalue weighted by atomic mass is 79.9. The zero-order valence-corrected chi connectivity index (χ0v) is 11.1. The third-order valence-corrected chi connectivity index (χ3v) is 2.73. The first-order valence-corrected chi connectivity index (χ1v) is 5.69. The van der Waals surface area contributed by atoms with Crippen LogP contribution in [0.25, 0.3) is 0 Å². The van der Waals surface area contributed by atoms with Crippen LogP contribution in [0.5, 0.6) is 5.75 Å². The molecule has 120 valence electrons. The summed E-state index contributed by atoms with van der Waals surface area (Å²) in [5.41, 5.74) is -1.75. The second-order valence-electron chi connectivity index (χ2n) is 3.70. The van der Waals surface area contributed by atoms with Gasteiger partial charge < -0.3 is 4.74 Å². The van der Waals surface area contributed by atoms with E-state index >= 15 is 0 Å². The summed E-state index contributed by atoms with van der Waals surface area (Å²) < 4.78 is 115. The number of alkyl halides is 9. The van der Waals surface area contributed by atoms with E-state index in [2.05, 4.69) is 20.7 Å². The van der Waals surface area contributed by atoms with Crippen molar-refractivity contribution in [1.82, 2.24) is 0 Å². The quantitative estimate of drug-likeness (QED) is 0.619. The van der Waals surface area contributed by atoms with Crippen LogP contribution < -0.4 is 4.74 Å². The number of ether oxygens (including phenoxy) is 1. The normalized spacial score (nSPS) is 13.7. The second-order valence-corrected chi connectivity index (χ2v) is 4.55. The Morgan fingerprint density at radius 3 is 1.71 bits per heavy atom. The number of benzene rings is 1. The maximum Gasteiger partial charge on any atom is 0.434 e. The van der Waals surface area contributed by atoms with E-state index in [1.807, 2.05) is 0 Å². The standard InChI is InChI=1S/C10H4BrF9O/c11-5-3-1-2-4(8(12,13)14)6(5)21-7(9(15,16)17)10(18,19)20/h1-3,7H. The molecule has 21 heavy (non-hydrogen) atoms. The second kappa shape index (κ2) is 5.58. The molecule has 0 amide bonds. The van der Waals surface area contributed by atoms with Gasteiger partial charge in [-0.05, 0) is 28.1 Å². The third-order valence-electron chi connectivity index (χ3n) is 2.10. The molecule has 0 heterocycles. The van der Waals surface area contributed by atoms with Gasteiger partial charge in [0.1, 0.15) is 5.75 Å². The summed E-state index contributed by atoms with van der Waals surface area (Å²) in [4.78, 5) is 0. The van der Waals surface area contributed by atoms with Crippen LogP contribution in [0.4, 0.5) is 39.5 Å². The van der Waals surface area contributed by atoms with Gasteiger partial charge in [0.25, 0.3) is 6.10 Å². The van der Waals surface area contributed by atoms with Crippen LogP contribution in [-0.4, -0.2) is 18.5 Å². The Balaban J connectivity index is 3.35. The monoisotopic (exact) mass is 390 g/mol. The smallest absolute Gasteiger partial charge is 0.434 e. The molecular formula is C10H4BrF9O. The number of para-hydroxylation sites is 1. The van der Waals surface area contributed by atoms with Crippen molar-refractivity contribution in [3.05, 3.63) is 28.2 Å². The van der Waals surface area contributed by atoms with Gasteiger partial charge in [-0.25, -0.2) is 0 Å². The Labute approximate surface area is 119 Å². The van der Waals surface area contributed by atoms with Crippen molar-refractivity contribution >= 4 is 15.9 Å². The predicted octanol–water partition coefficient (Wildman–Crippen LogP) is 5.34. The molecule has 0 N–H and O–H groups in total. The van der Waals surface area contributed by atoms with Gasteiger partial charge in [0, 0.05) is 0 Å². The molecule has 0 spiro atoms. The average Bonchev–Trinajstić information content (AvgIpc) is 2.22. The van der Waals surface area contributed by atoms with Crippen molar-refractivity contribution in [3.63, 3.8) is 0 Å². The largest absolute Gasteiger partial charge is 0.469 e. The first-order chi connectivity index (χ1) is 9.24. The van der Waals surface area contributed by atoms with E-state index in [9.17, 15) is 39.5 Å². The summed E-state index contributed by atoms with van der Waals surface area (Å²) >= 11 is 2.44. The zero-order chi connectivity index (χ0) is 16.6. The van der Waals surface area contributed by atoms with Crippen LogP contribution in [-0.2, 0) is 6.18 Å². The van der Waals surface area contributed by atoms with Crippen molar-refractivity contribution in [2.24, 2.45) is 0 Å². The van der Waals surface area contributed by atoms with E-state index in [1.165, 1.54) is 0 Å². The number of hydrogen-bond acceptors (Lipinski definition) is 1. The molecule has 0 radical (unpaired) electrons. The number of rotatable bonds is 2. The molecule has 1 aromatic carbocycles. The maximum atomic E-state index is 12.6. The van der Waals surface area contributed by atoms with Crippen LogP contribution in [0.15, 0.2) is 22.7 Å². The minimum atomic E-state index is -5.92. The van der Waals surface area contributed by atoms with Gasteiger partial charge in [0.05, 0.1) is 10.0 Å². The molecule has 11 heteroatoms. The molecule has 0 saturated carbocycles. The van der Waals surface area contributed by atoms with Gasteiger partial charge in [0.2, 0.25) is 0 Å². The van der Waals surface area contributed by atoms with Gasteiger partial charge in [-0.3, -0.25) is 0 Å². The highest BCUT2D eigenvalue weighted by Crippen LogP contribution is 2.44. The Bertz CT molecular complexity index is 489. The van der Waals surface area contributed by atoms with E-state index < -0.39 is 40.4 Å². The van der Waals surface area contributed by atoms with Gasteiger partial charge >= 0.3 is 18.5 Å². The Morgan fingerprint density at radius 1 is 0.857 bits per heavy atom. The molecule has 0 aromatic heterocycles. The third kappa shape index (κ3) is 4.42. The molecule has 0 aliphatic rings. The molecule has 1 aromatic rings. The summed E-state index contributed by atoms with van der Waals surface area (Å²) in [5, 5.41) is 0. The molecular weight excluding hydrogens is 387 g/mol. The molecule has 0 aliphatic heterocycles. The van der Waals surface area contributed by atoms with Crippen molar-refractivity contribution in [2.45, 2.75) is 24.6 Å². The van der Waals surface area contributed by atoms with Gasteiger partial charge in [-0.1, -0.05) is 6.07 Å². The lowest BCUT2D eigenvalue weighted by Gasteiger charge is -2.26. The van der Waals surface area contributed by atoms with Crippen molar-refractivity contribution < 1.29 is 44.3 Å². The van der Waals surface area contributed by atoms with Crippen LogP contribution in [0.1, 0.15) is 5.56 Å². The molecule has 0 saturated heterocycles. The van der Waals surface area contributed by atoms with E-state index in [4.69, 9.17) is 0 Å². The van der Waals surface area contributed by atoms with E-state index in [0.717, 1.165) is 12.1 Å².